The van der Waals surface area contributed by atoms with Crippen molar-refractivity contribution in [1.29, 1.82) is 0 Å². The van der Waals surface area contributed by atoms with E-state index in [1.165, 1.54) is 26.9 Å². The number of hydrogen-bond acceptors (Lipinski definition) is 2. The van der Waals surface area contributed by atoms with Crippen LogP contribution in [0.5, 0.6) is 0 Å². The molecule has 2 aromatic heterocycles. The number of aryl methyl sites for hydroxylation is 2. The van der Waals surface area contributed by atoms with Gasteiger partial charge in [-0.15, -0.1) is 11.3 Å². The maximum Gasteiger partial charge on any atom is 0.263 e. The van der Waals surface area contributed by atoms with Crippen LogP contribution in [0.1, 0.15) is 51.4 Å². The first-order valence-electron chi connectivity index (χ1n) is 9.12. The fourth-order valence-corrected chi connectivity index (χ4v) is 5.04. The Hall–Kier alpha value is -2.07. The SMILES string of the molecule is CCc1cc(C(=O)N2CCC(c3c[nH]c4ccccc34)CC2)sc1C. The summed E-state index contributed by atoms with van der Waals surface area (Å²) in [4.78, 5) is 20.4. The van der Waals surface area contributed by atoms with Gasteiger partial charge < -0.3 is 9.88 Å². The standard InChI is InChI=1S/C21H24N2OS/c1-3-15-12-20(25-14(15)2)21(24)23-10-8-16(9-11-23)18-13-22-19-7-5-4-6-17(18)19/h4-7,12-13,16,22H,3,8-11H2,1-2H3. The van der Waals surface area contributed by atoms with Gasteiger partial charge in [0.05, 0.1) is 4.88 Å². The van der Waals surface area contributed by atoms with Crippen LogP contribution in [-0.2, 0) is 6.42 Å². The Balaban J connectivity index is 1.46. The van der Waals surface area contributed by atoms with Crippen molar-refractivity contribution in [2.45, 2.75) is 39.0 Å². The molecule has 1 N–H and O–H groups in total. The van der Waals surface area contributed by atoms with Crippen LogP contribution >= 0.6 is 11.3 Å². The fraction of sp³-hybridized carbons (Fsp3) is 0.381. The Kier molecular flexibility index (Phi) is 4.38. The van der Waals surface area contributed by atoms with E-state index in [2.05, 4.69) is 55.4 Å². The molecule has 0 unspecified atom stereocenters. The lowest BCUT2D eigenvalue weighted by molar-refractivity contribution is 0.0718. The monoisotopic (exact) mass is 352 g/mol. The summed E-state index contributed by atoms with van der Waals surface area (Å²) in [5.74, 6) is 0.752. The number of nitrogens with zero attached hydrogens (tertiary/aromatic N) is 1. The number of amides is 1. The molecular formula is C21H24N2OS. The number of carbonyl (C=O) groups excluding carboxylic acids is 1. The van der Waals surface area contributed by atoms with Gasteiger partial charge in [0.25, 0.3) is 5.91 Å². The molecule has 1 aliphatic rings. The number of likely N-dealkylation sites (tertiary alicyclic amines) is 1. The number of carbonyl (C=O) groups is 1. The molecule has 0 bridgehead atoms. The largest absolute Gasteiger partial charge is 0.361 e. The Morgan fingerprint density at radius 2 is 2.04 bits per heavy atom. The van der Waals surface area contributed by atoms with Gasteiger partial charge in [-0.1, -0.05) is 25.1 Å². The molecule has 1 aliphatic heterocycles. The first-order valence-corrected chi connectivity index (χ1v) is 9.93. The highest BCUT2D eigenvalue weighted by atomic mass is 32.1. The lowest BCUT2D eigenvalue weighted by atomic mass is 9.89. The molecule has 4 heteroatoms. The van der Waals surface area contributed by atoms with Crippen molar-refractivity contribution >= 4 is 28.1 Å². The number of hydrogen-bond donors (Lipinski definition) is 1. The maximum absolute atomic E-state index is 12.8. The summed E-state index contributed by atoms with van der Waals surface area (Å²) < 4.78 is 0. The average molecular weight is 353 g/mol. The summed E-state index contributed by atoms with van der Waals surface area (Å²) in [5.41, 5.74) is 3.92. The molecule has 1 amide bonds. The number of aromatic nitrogens is 1. The van der Waals surface area contributed by atoms with Crippen molar-refractivity contribution in [3.63, 3.8) is 0 Å². The van der Waals surface area contributed by atoms with Crippen LogP contribution in [0.15, 0.2) is 36.5 Å². The van der Waals surface area contributed by atoms with E-state index in [1.807, 2.05) is 4.90 Å². The maximum atomic E-state index is 12.8. The van der Waals surface area contributed by atoms with Gasteiger partial charge in [-0.25, -0.2) is 0 Å². The number of nitrogens with one attached hydrogen (secondary N) is 1. The van der Waals surface area contributed by atoms with E-state index < -0.39 is 0 Å². The number of benzene rings is 1. The first kappa shape index (κ1) is 16.4. The Morgan fingerprint density at radius 1 is 1.28 bits per heavy atom. The highest BCUT2D eigenvalue weighted by Crippen LogP contribution is 2.34. The van der Waals surface area contributed by atoms with E-state index in [9.17, 15) is 4.79 Å². The molecule has 0 saturated carbocycles. The summed E-state index contributed by atoms with van der Waals surface area (Å²) in [6, 6.07) is 10.6. The number of para-hydroxylation sites is 1. The van der Waals surface area contributed by atoms with Gasteiger partial charge in [-0.05, 0) is 55.4 Å². The van der Waals surface area contributed by atoms with Crippen molar-refractivity contribution in [3.05, 3.63) is 57.4 Å². The molecule has 0 spiro atoms. The molecule has 0 radical (unpaired) electrons. The zero-order valence-electron chi connectivity index (χ0n) is 14.8. The summed E-state index contributed by atoms with van der Waals surface area (Å²) in [6.07, 6.45) is 5.23. The van der Waals surface area contributed by atoms with Gasteiger partial charge in [-0.2, -0.15) is 0 Å². The van der Waals surface area contributed by atoms with Crippen molar-refractivity contribution in [3.8, 4) is 0 Å². The molecule has 1 fully saturated rings. The van der Waals surface area contributed by atoms with Gasteiger partial charge in [-0.3, -0.25) is 4.79 Å². The summed E-state index contributed by atoms with van der Waals surface area (Å²) in [6.45, 7) is 5.96. The van der Waals surface area contributed by atoms with Crippen LogP contribution in [0, 0.1) is 6.92 Å². The third-order valence-electron chi connectivity index (χ3n) is 5.46. The van der Waals surface area contributed by atoms with Crippen LogP contribution in [0.25, 0.3) is 10.9 Å². The molecule has 1 saturated heterocycles. The molecule has 3 nitrogen and oxygen atoms in total. The van der Waals surface area contributed by atoms with E-state index in [0.717, 1.165) is 37.2 Å². The number of thiophene rings is 1. The molecule has 1 aromatic carbocycles. The van der Waals surface area contributed by atoms with Crippen LogP contribution in [0.3, 0.4) is 0 Å². The van der Waals surface area contributed by atoms with Gasteiger partial charge in [0, 0.05) is 35.1 Å². The molecule has 130 valence electrons. The van der Waals surface area contributed by atoms with Crippen molar-refractivity contribution in [1.82, 2.24) is 9.88 Å². The first-order chi connectivity index (χ1) is 12.2. The van der Waals surface area contributed by atoms with Crippen molar-refractivity contribution in [2.75, 3.05) is 13.1 Å². The van der Waals surface area contributed by atoms with Crippen molar-refractivity contribution < 1.29 is 4.79 Å². The molecule has 3 aromatic rings. The zero-order chi connectivity index (χ0) is 17.4. The topological polar surface area (TPSA) is 36.1 Å². The number of piperidine rings is 1. The van der Waals surface area contributed by atoms with Gasteiger partial charge in [0.15, 0.2) is 0 Å². The molecular weight excluding hydrogens is 328 g/mol. The van der Waals surface area contributed by atoms with Gasteiger partial charge in [0.1, 0.15) is 0 Å². The Labute approximate surface area is 152 Å². The van der Waals surface area contributed by atoms with E-state index >= 15 is 0 Å². The summed E-state index contributed by atoms with van der Waals surface area (Å²) in [7, 11) is 0. The minimum Gasteiger partial charge on any atom is -0.361 e. The zero-order valence-corrected chi connectivity index (χ0v) is 15.7. The normalized spacial score (nSPS) is 15.8. The molecule has 0 aliphatic carbocycles. The second-order valence-electron chi connectivity index (χ2n) is 6.90. The third kappa shape index (κ3) is 2.99. The lowest BCUT2D eigenvalue weighted by Crippen LogP contribution is -2.37. The molecule has 4 rings (SSSR count). The summed E-state index contributed by atoms with van der Waals surface area (Å²) >= 11 is 1.64. The fourth-order valence-electron chi connectivity index (χ4n) is 3.96. The number of aromatic amines is 1. The lowest BCUT2D eigenvalue weighted by Gasteiger charge is -2.31. The third-order valence-corrected chi connectivity index (χ3v) is 6.54. The minimum atomic E-state index is 0.213. The van der Waals surface area contributed by atoms with Crippen molar-refractivity contribution in [2.24, 2.45) is 0 Å². The van der Waals surface area contributed by atoms with Gasteiger partial charge >= 0.3 is 0 Å². The highest BCUT2D eigenvalue weighted by Gasteiger charge is 2.27. The van der Waals surface area contributed by atoms with E-state index in [4.69, 9.17) is 0 Å². The minimum absolute atomic E-state index is 0.213. The van der Waals surface area contributed by atoms with E-state index in [1.54, 1.807) is 11.3 Å². The molecule has 3 heterocycles. The second-order valence-corrected chi connectivity index (χ2v) is 8.16. The van der Waals surface area contributed by atoms with E-state index in [0.29, 0.717) is 5.92 Å². The number of H-pyrrole nitrogens is 1. The number of fused-ring (bicyclic) bond motifs is 1. The summed E-state index contributed by atoms with van der Waals surface area (Å²) in [5, 5.41) is 1.33. The number of rotatable bonds is 3. The van der Waals surface area contributed by atoms with Crippen LogP contribution in [0.4, 0.5) is 0 Å². The van der Waals surface area contributed by atoms with Crippen LogP contribution < -0.4 is 0 Å². The predicted octanol–water partition coefficient (Wildman–Crippen LogP) is 5.12. The Morgan fingerprint density at radius 3 is 2.76 bits per heavy atom. The average Bonchev–Trinajstić information content (AvgIpc) is 3.24. The van der Waals surface area contributed by atoms with Gasteiger partial charge in [0.2, 0.25) is 0 Å². The second kappa shape index (κ2) is 6.68. The van der Waals surface area contributed by atoms with E-state index in [-0.39, 0.29) is 5.91 Å². The molecule has 0 atom stereocenters. The van der Waals surface area contributed by atoms with Crippen LogP contribution in [-0.4, -0.2) is 28.9 Å². The smallest absolute Gasteiger partial charge is 0.263 e. The Bertz CT molecular complexity index is 900. The van der Waals surface area contributed by atoms with Crippen LogP contribution in [0.2, 0.25) is 0 Å². The quantitative estimate of drug-likeness (QED) is 0.698. The molecule has 25 heavy (non-hydrogen) atoms. The highest BCUT2D eigenvalue weighted by molar-refractivity contribution is 7.14. The predicted molar refractivity (Wildman–Crippen MR) is 105 cm³/mol.